The van der Waals surface area contributed by atoms with Crippen LogP contribution >= 0.6 is 11.3 Å². The second-order valence-electron chi connectivity index (χ2n) is 3.83. The van der Waals surface area contributed by atoms with Gasteiger partial charge in [0.1, 0.15) is 0 Å². The molecule has 0 aliphatic carbocycles. The minimum absolute atomic E-state index is 0.599. The number of hydrogen-bond acceptors (Lipinski definition) is 5. The van der Waals surface area contributed by atoms with Crippen molar-refractivity contribution >= 4 is 11.3 Å². The smallest absolute Gasteiger partial charge is 0.0932 e. The van der Waals surface area contributed by atoms with Gasteiger partial charge in [0.2, 0.25) is 0 Å². The Morgan fingerprint density at radius 1 is 1.29 bits per heavy atom. The molecule has 98 valence electrons. The summed E-state index contributed by atoms with van der Waals surface area (Å²) < 4.78 is 10.2. The van der Waals surface area contributed by atoms with Crippen LogP contribution in [-0.2, 0) is 29.0 Å². The van der Waals surface area contributed by atoms with E-state index in [0.717, 1.165) is 38.2 Å². The summed E-state index contributed by atoms with van der Waals surface area (Å²) in [5.74, 6) is 0. The zero-order valence-corrected chi connectivity index (χ0v) is 11.7. The van der Waals surface area contributed by atoms with Crippen LogP contribution in [0.15, 0.2) is 0 Å². The van der Waals surface area contributed by atoms with Crippen LogP contribution in [0.3, 0.4) is 0 Å². The third-order valence-corrected chi connectivity index (χ3v) is 3.49. The lowest BCUT2D eigenvalue weighted by atomic mass is 10.3. The first kappa shape index (κ1) is 14.6. The van der Waals surface area contributed by atoms with Gasteiger partial charge in [0.25, 0.3) is 0 Å². The third kappa shape index (κ3) is 5.12. The average molecular weight is 258 g/mol. The number of thiazole rings is 1. The Kier molecular flexibility index (Phi) is 7.35. The van der Waals surface area contributed by atoms with Crippen molar-refractivity contribution in [3.8, 4) is 0 Å². The number of hydrogen-bond donors (Lipinski definition) is 1. The molecule has 1 rings (SSSR count). The highest BCUT2D eigenvalue weighted by Crippen LogP contribution is 2.20. The zero-order valence-electron chi connectivity index (χ0n) is 10.9. The summed E-state index contributed by atoms with van der Waals surface area (Å²) in [5.41, 5.74) is 1.07. The molecule has 0 aliphatic heterocycles. The van der Waals surface area contributed by atoms with Crippen molar-refractivity contribution in [3.63, 3.8) is 0 Å². The number of aryl methyl sites for hydroxylation is 1. The fraction of sp³-hybridized carbons (Fsp3) is 0.750. The molecule has 0 spiro atoms. The molecule has 0 atom stereocenters. The number of methoxy groups -OCH3 is 2. The quantitative estimate of drug-likeness (QED) is 0.688. The Morgan fingerprint density at radius 3 is 2.76 bits per heavy atom. The molecule has 0 unspecified atom stereocenters. The molecule has 0 saturated heterocycles. The van der Waals surface area contributed by atoms with Crippen molar-refractivity contribution in [2.45, 2.75) is 32.9 Å². The van der Waals surface area contributed by atoms with Gasteiger partial charge in [-0.2, -0.15) is 0 Å². The molecule has 0 aromatic carbocycles. The minimum atomic E-state index is 0.599. The van der Waals surface area contributed by atoms with Crippen LogP contribution in [0.5, 0.6) is 0 Å². The maximum absolute atomic E-state index is 5.18. The second kappa shape index (κ2) is 8.58. The molecule has 0 radical (unpaired) electrons. The summed E-state index contributed by atoms with van der Waals surface area (Å²) in [6.07, 6.45) is 2.19. The molecule has 1 heterocycles. The first-order valence-electron chi connectivity index (χ1n) is 5.97. The van der Waals surface area contributed by atoms with Gasteiger partial charge in [-0.3, -0.25) is 0 Å². The molecule has 4 nitrogen and oxygen atoms in total. The van der Waals surface area contributed by atoms with Crippen molar-refractivity contribution < 1.29 is 9.47 Å². The molecule has 0 bridgehead atoms. The third-order valence-electron chi connectivity index (χ3n) is 2.34. The molecule has 1 N–H and O–H groups in total. The van der Waals surface area contributed by atoms with Gasteiger partial charge in [-0.25, -0.2) is 4.98 Å². The van der Waals surface area contributed by atoms with E-state index in [0.29, 0.717) is 6.61 Å². The molecule has 1 aromatic heterocycles. The van der Waals surface area contributed by atoms with E-state index < -0.39 is 0 Å². The van der Waals surface area contributed by atoms with Crippen molar-refractivity contribution in [2.75, 3.05) is 27.4 Å². The molecule has 0 fully saturated rings. The lowest BCUT2D eigenvalue weighted by Gasteiger charge is -2.03. The SMILES string of the molecule is CCCc1nc(COC)c(CNCCOC)s1. The molecule has 0 saturated carbocycles. The summed E-state index contributed by atoms with van der Waals surface area (Å²) in [4.78, 5) is 5.89. The number of aromatic nitrogens is 1. The molecule has 0 amide bonds. The summed E-state index contributed by atoms with van der Waals surface area (Å²) in [6, 6.07) is 0. The van der Waals surface area contributed by atoms with Gasteiger partial charge in [0.05, 0.1) is 23.9 Å². The first-order chi connectivity index (χ1) is 8.31. The van der Waals surface area contributed by atoms with E-state index in [1.54, 1.807) is 25.6 Å². The van der Waals surface area contributed by atoms with Crippen molar-refractivity contribution in [1.82, 2.24) is 10.3 Å². The van der Waals surface area contributed by atoms with Gasteiger partial charge in [-0.05, 0) is 12.8 Å². The lowest BCUT2D eigenvalue weighted by Crippen LogP contribution is -2.18. The monoisotopic (exact) mass is 258 g/mol. The van der Waals surface area contributed by atoms with Crippen LogP contribution in [0.4, 0.5) is 0 Å². The highest BCUT2D eigenvalue weighted by molar-refractivity contribution is 7.11. The van der Waals surface area contributed by atoms with Gasteiger partial charge >= 0.3 is 0 Å². The van der Waals surface area contributed by atoms with E-state index in [2.05, 4.69) is 17.2 Å². The summed E-state index contributed by atoms with van der Waals surface area (Å²) in [5, 5.41) is 4.56. The van der Waals surface area contributed by atoms with Gasteiger partial charge in [-0.1, -0.05) is 6.92 Å². The van der Waals surface area contributed by atoms with E-state index >= 15 is 0 Å². The largest absolute Gasteiger partial charge is 0.383 e. The maximum atomic E-state index is 5.18. The predicted octanol–water partition coefficient (Wildman–Crippen LogP) is 1.98. The minimum Gasteiger partial charge on any atom is -0.383 e. The number of nitrogens with zero attached hydrogens (tertiary/aromatic N) is 1. The molecular formula is C12H22N2O2S. The first-order valence-corrected chi connectivity index (χ1v) is 6.79. The van der Waals surface area contributed by atoms with Gasteiger partial charge in [-0.15, -0.1) is 11.3 Å². The molecule has 1 aromatic rings. The van der Waals surface area contributed by atoms with Crippen molar-refractivity contribution in [1.29, 1.82) is 0 Å². The van der Waals surface area contributed by atoms with Crippen LogP contribution < -0.4 is 5.32 Å². The van der Waals surface area contributed by atoms with Crippen LogP contribution in [0.25, 0.3) is 0 Å². The summed E-state index contributed by atoms with van der Waals surface area (Å²) in [7, 11) is 3.42. The number of nitrogens with one attached hydrogen (secondary N) is 1. The number of ether oxygens (including phenoxy) is 2. The highest BCUT2D eigenvalue weighted by atomic mass is 32.1. The van der Waals surface area contributed by atoms with Crippen LogP contribution in [0.2, 0.25) is 0 Å². The number of rotatable bonds is 9. The van der Waals surface area contributed by atoms with Gasteiger partial charge < -0.3 is 14.8 Å². The van der Waals surface area contributed by atoms with Crippen LogP contribution in [0, 0.1) is 0 Å². The van der Waals surface area contributed by atoms with E-state index in [-0.39, 0.29) is 0 Å². The van der Waals surface area contributed by atoms with Crippen LogP contribution in [-0.4, -0.2) is 32.4 Å². The average Bonchev–Trinajstić information content (AvgIpc) is 2.68. The Balaban J connectivity index is 2.54. The van der Waals surface area contributed by atoms with Gasteiger partial charge in [0.15, 0.2) is 0 Å². The Hall–Kier alpha value is -0.490. The predicted molar refractivity (Wildman–Crippen MR) is 70.4 cm³/mol. The summed E-state index contributed by atoms with van der Waals surface area (Å²) >= 11 is 1.79. The van der Waals surface area contributed by atoms with Crippen molar-refractivity contribution in [2.24, 2.45) is 0 Å². The topological polar surface area (TPSA) is 43.4 Å². The van der Waals surface area contributed by atoms with Gasteiger partial charge in [0, 0.05) is 32.2 Å². The molecule has 0 aliphatic rings. The van der Waals surface area contributed by atoms with E-state index in [4.69, 9.17) is 9.47 Å². The lowest BCUT2D eigenvalue weighted by molar-refractivity contribution is 0.180. The zero-order chi connectivity index (χ0) is 12.5. The molecule has 5 heteroatoms. The maximum Gasteiger partial charge on any atom is 0.0932 e. The van der Waals surface area contributed by atoms with E-state index in [1.165, 1.54) is 9.88 Å². The van der Waals surface area contributed by atoms with Crippen LogP contribution in [0.1, 0.15) is 28.9 Å². The summed E-state index contributed by atoms with van der Waals surface area (Å²) in [6.45, 7) is 5.23. The normalized spacial score (nSPS) is 11.0. The Morgan fingerprint density at radius 2 is 2.12 bits per heavy atom. The fourth-order valence-corrected chi connectivity index (χ4v) is 2.66. The fourth-order valence-electron chi connectivity index (χ4n) is 1.52. The molecule has 17 heavy (non-hydrogen) atoms. The highest BCUT2D eigenvalue weighted by Gasteiger charge is 2.10. The molecular weight excluding hydrogens is 236 g/mol. The van der Waals surface area contributed by atoms with E-state index in [9.17, 15) is 0 Å². The van der Waals surface area contributed by atoms with Crippen molar-refractivity contribution in [3.05, 3.63) is 15.6 Å². The van der Waals surface area contributed by atoms with E-state index in [1.807, 2.05) is 0 Å². The standard InChI is InChI=1S/C12H22N2O2S/c1-4-5-12-14-10(9-16-3)11(17-12)8-13-6-7-15-2/h13H,4-9H2,1-3H3. The Labute approximate surface area is 107 Å². The Bertz CT molecular complexity index is 315. The second-order valence-corrected chi connectivity index (χ2v) is 5.00.